The van der Waals surface area contributed by atoms with Crippen molar-refractivity contribution in [1.82, 2.24) is 30.7 Å². The van der Waals surface area contributed by atoms with E-state index in [1.165, 1.54) is 0 Å². The molecule has 0 radical (unpaired) electrons. The van der Waals surface area contributed by atoms with Gasteiger partial charge in [0.25, 0.3) is 0 Å². The van der Waals surface area contributed by atoms with Gasteiger partial charge < -0.3 is 24.8 Å². The maximum atomic E-state index is 13.2. The van der Waals surface area contributed by atoms with Crippen molar-refractivity contribution in [2.75, 3.05) is 33.4 Å². The molecule has 0 bridgehead atoms. The lowest BCUT2D eigenvalue weighted by Gasteiger charge is -2.32. The molecule has 1 aliphatic carbocycles. The molecule has 10 heteroatoms. The van der Waals surface area contributed by atoms with Crippen LogP contribution in [0.2, 0.25) is 0 Å². The molecule has 2 fully saturated rings. The van der Waals surface area contributed by atoms with Crippen LogP contribution in [0.1, 0.15) is 56.8 Å². The predicted molar refractivity (Wildman–Crippen MR) is 125 cm³/mol. The maximum absolute atomic E-state index is 13.2. The fourth-order valence-electron chi connectivity index (χ4n) is 4.89. The number of urea groups is 1. The van der Waals surface area contributed by atoms with E-state index in [4.69, 9.17) is 9.26 Å². The second-order valence-corrected chi connectivity index (χ2v) is 9.02. The number of pyridine rings is 1. The summed E-state index contributed by atoms with van der Waals surface area (Å²) in [4.78, 5) is 36.9. The number of nitrogens with one attached hydrogen (secondary N) is 2. The molecule has 4 rings (SSSR count). The summed E-state index contributed by atoms with van der Waals surface area (Å²) >= 11 is 0. The van der Waals surface area contributed by atoms with E-state index < -0.39 is 0 Å². The first-order chi connectivity index (χ1) is 16.7. The highest BCUT2D eigenvalue weighted by atomic mass is 16.5. The van der Waals surface area contributed by atoms with Crippen molar-refractivity contribution in [3.63, 3.8) is 0 Å². The number of nitrogens with zero attached hydrogens (tertiary/aromatic N) is 4. The molecule has 2 aliphatic rings. The number of carbonyl (C=O) groups excluding carboxylic acids is 2. The average Bonchev–Trinajstić information content (AvgIpc) is 3.51. The molecule has 3 atom stereocenters. The first kappa shape index (κ1) is 24.1. The fraction of sp³-hybridized carbons (Fsp3) is 0.625. The number of carbonyl (C=O) groups is 2. The summed E-state index contributed by atoms with van der Waals surface area (Å²) in [5.41, 5.74) is 0.778. The Labute approximate surface area is 199 Å². The Hall–Kier alpha value is -3.01. The number of ether oxygens (including phenoxy) is 1. The normalized spacial score (nSPS) is 23.6. The number of fused-ring (bicyclic) bond motifs is 1. The van der Waals surface area contributed by atoms with Crippen molar-refractivity contribution >= 4 is 11.9 Å². The molecule has 10 nitrogen and oxygen atoms in total. The molecule has 3 heterocycles. The molecule has 3 unspecified atom stereocenters. The van der Waals surface area contributed by atoms with Crippen LogP contribution in [0.15, 0.2) is 29.0 Å². The zero-order valence-corrected chi connectivity index (χ0v) is 19.7. The largest absolute Gasteiger partial charge is 0.385 e. The van der Waals surface area contributed by atoms with Crippen molar-refractivity contribution in [3.8, 4) is 11.4 Å². The van der Waals surface area contributed by atoms with Crippen molar-refractivity contribution in [3.05, 3.63) is 30.4 Å². The fourth-order valence-corrected chi connectivity index (χ4v) is 4.89. The van der Waals surface area contributed by atoms with E-state index in [2.05, 4.69) is 25.8 Å². The summed E-state index contributed by atoms with van der Waals surface area (Å²) in [5, 5.41) is 10.2. The number of hydrogen-bond acceptors (Lipinski definition) is 7. The molecule has 0 spiro atoms. The molecule has 1 aliphatic heterocycles. The molecule has 0 aromatic carbocycles. The van der Waals surface area contributed by atoms with E-state index in [0.717, 1.165) is 37.7 Å². The number of rotatable bonds is 6. The van der Waals surface area contributed by atoms with Crippen LogP contribution in [-0.4, -0.2) is 71.4 Å². The van der Waals surface area contributed by atoms with Gasteiger partial charge in [-0.2, -0.15) is 4.98 Å². The minimum atomic E-state index is -0.318. The third kappa shape index (κ3) is 5.91. The van der Waals surface area contributed by atoms with Gasteiger partial charge in [-0.1, -0.05) is 18.0 Å². The van der Waals surface area contributed by atoms with E-state index in [9.17, 15) is 9.59 Å². The van der Waals surface area contributed by atoms with Gasteiger partial charge in [0.1, 0.15) is 0 Å². The number of methoxy groups -OCH3 is 1. The Bertz CT molecular complexity index is 937. The summed E-state index contributed by atoms with van der Waals surface area (Å²) in [7, 11) is 1.65. The van der Waals surface area contributed by atoms with Gasteiger partial charge in [-0.15, -0.1) is 0 Å². The van der Waals surface area contributed by atoms with Crippen LogP contribution in [0.3, 0.4) is 0 Å². The molecule has 34 heavy (non-hydrogen) atoms. The monoisotopic (exact) mass is 470 g/mol. The van der Waals surface area contributed by atoms with Gasteiger partial charge in [0.15, 0.2) is 0 Å². The zero-order valence-electron chi connectivity index (χ0n) is 19.7. The summed E-state index contributed by atoms with van der Waals surface area (Å²) in [5.74, 6) is 0.576. The molecule has 2 aromatic heterocycles. The molecule has 184 valence electrons. The van der Waals surface area contributed by atoms with Crippen LogP contribution in [0.25, 0.3) is 11.4 Å². The van der Waals surface area contributed by atoms with E-state index in [0.29, 0.717) is 50.8 Å². The Balaban J connectivity index is 1.53. The van der Waals surface area contributed by atoms with E-state index >= 15 is 0 Å². The van der Waals surface area contributed by atoms with Gasteiger partial charge in [0.2, 0.25) is 17.6 Å². The van der Waals surface area contributed by atoms with Gasteiger partial charge in [-0.25, -0.2) is 4.79 Å². The molecular formula is C24H34N6O4. The van der Waals surface area contributed by atoms with E-state index in [-0.39, 0.29) is 29.8 Å². The van der Waals surface area contributed by atoms with Crippen molar-refractivity contribution < 1.29 is 18.8 Å². The van der Waals surface area contributed by atoms with Crippen molar-refractivity contribution in [2.24, 2.45) is 5.92 Å². The Morgan fingerprint density at radius 3 is 3.00 bits per heavy atom. The lowest BCUT2D eigenvalue weighted by atomic mass is 10.0. The predicted octanol–water partition coefficient (Wildman–Crippen LogP) is 2.73. The smallest absolute Gasteiger partial charge is 0.317 e. The Kier molecular flexibility index (Phi) is 8.46. The third-order valence-corrected chi connectivity index (χ3v) is 6.66. The topological polar surface area (TPSA) is 122 Å². The Morgan fingerprint density at radius 2 is 2.18 bits per heavy atom. The lowest BCUT2D eigenvalue weighted by molar-refractivity contribution is -0.126. The summed E-state index contributed by atoms with van der Waals surface area (Å²) < 4.78 is 10.7. The highest BCUT2D eigenvalue weighted by Crippen LogP contribution is 2.41. The molecular weight excluding hydrogens is 436 g/mol. The van der Waals surface area contributed by atoms with Gasteiger partial charge in [-0.05, 0) is 44.2 Å². The number of aromatic nitrogens is 3. The second kappa shape index (κ2) is 11.9. The average molecular weight is 471 g/mol. The van der Waals surface area contributed by atoms with E-state index in [1.807, 2.05) is 17.0 Å². The van der Waals surface area contributed by atoms with Crippen molar-refractivity contribution in [1.29, 1.82) is 0 Å². The summed E-state index contributed by atoms with van der Waals surface area (Å²) in [6, 6.07) is 3.35. The summed E-state index contributed by atoms with van der Waals surface area (Å²) in [6.45, 7) is 2.42. The quantitative estimate of drug-likeness (QED) is 0.622. The first-order valence-corrected chi connectivity index (χ1v) is 12.2. The SMILES string of the molecule is COCCCNC(=O)N1CCCCCCNC(=O)C2CC(c3nc(-c4cccnc4)no3)CC21. The number of hydrogen-bond donors (Lipinski definition) is 2. The molecule has 2 N–H and O–H groups in total. The minimum absolute atomic E-state index is 0.00131. The highest BCUT2D eigenvalue weighted by molar-refractivity contribution is 5.82. The minimum Gasteiger partial charge on any atom is -0.385 e. The maximum Gasteiger partial charge on any atom is 0.317 e. The molecule has 1 saturated carbocycles. The molecule has 2 aromatic rings. The van der Waals surface area contributed by atoms with Crippen LogP contribution < -0.4 is 10.6 Å². The lowest BCUT2D eigenvalue weighted by Crippen LogP contribution is -2.51. The Morgan fingerprint density at radius 1 is 1.29 bits per heavy atom. The summed E-state index contributed by atoms with van der Waals surface area (Å²) in [6.07, 6.45) is 9.24. The van der Waals surface area contributed by atoms with Crippen LogP contribution in [0, 0.1) is 5.92 Å². The standard InChI is InChI=1S/C24H34N6O4/c1-33-13-7-11-27-24(32)30-12-5-3-2-4-10-26-22(31)19-14-18(15-20(19)30)23-28-21(29-34-23)17-8-6-9-25-16-17/h6,8-9,16,18-20H,2-5,7,10-15H2,1H3,(H,26,31)(H,27,32). The number of amides is 3. The molecule has 1 saturated heterocycles. The highest BCUT2D eigenvalue weighted by Gasteiger charge is 2.45. The first-order valence-electron chi connectivity index (χ1n) is 12.2. The van der Waals surface area contributed by atoms with Crippen LogP contribution in [-0.2, 0) is 9.53 Å². The van der Waals surface area contributed by atoms with Gasteiger partial charge in [-0.3, -0.25) is 9.78 Å². The molecule has 3 amide bonds. The second-order valence-electron chi connectivity index (χ2n) is 9.02. The van der Waals surface area contributed by atoms with Crippen LogP contribution in [0.4, 0.5) is 4.79 Å². The van der Waals surface area contributed by atoms with Gasteiger partial charge in [0.05, 0.1) is 5.92 Å². The van der Waals surface area contributed by atoms with E-state index in [1.54, 1.807) is 19.5 Å². The van der Waals surface area contributed by atoms with Gasteiger partial charge >= 0.3 is 6.03 Å². The van der Waals surface area contributed by atoms with Crippen LogP contribution in [0.5, 0.6) is 0 Å². The van der Waals surface area contributed by atoms with Gasteiger partial charge in [0, 0.05) is 63.3 Å². The van der Waals surface area contributed by atoms with Crippen molar-refractivity contribution in [2.45, 2.75) is 56.9 Å². The third-order valence-electron chi connectivity index (χ3n) is 6.66. The zero-order chi connectivity index (χ0) is 23.8. The van der Waals surface area contributed by atoms with Crippen LogP contribution >= 0.6 is 0 Å².